The van der Waals surface area contributed by atoms with Crippen LogP contribution in [0.3, 0.4) is 0 Å². The predicted octanol–water partition coefficient (Wildman–Crippen LogP) is 0.511. The maximum atomic E-state index is 10.2. The molecular weight excluding hydrogens is 371 g/mol. The van der Waals surface area contributed by atoms with Gasteiger partial charge in [-0.3, -0.25) is 4.79 Å². The van der Waals surface area contributed by atoms with Crippen molar-refractivity contribution >= 4 is 5.78 Å². The van der Waals surface area contributed by atoms with Gasteiger partial charge in [-0.25, -0.2) is 0 Å². The van der Waals surface area contributed by atoms with Crippen molar-refractivity contribution in [2.75, 3.05) is 0 Å². The van der Waals surface area contributed by atoms with Crippen LogP contribution in [-0.4, -0.2) is 5.78 Å². The minimum Gasteiger partial charge on any atom is -0.621 e. The zero-order chi connectivity index (χ0) is 6.41. The maximum absolute atomic E-state index is 10.2. The van der Waals surface area contributed by atoms with E-state index in [1.807, 2.05) is 6.11 Å². The average molecular weight is 376 g/mol. The molecule has 0 bridgehead atoms. The van der Waals surface area contributed by atoms with Crippen LogP contribution in [0.15, 0.2) is 12.7 Å². The molecular formula is C6H5O2Rf-. The molecule has 0 heterocycles. The number of rotatable bonds is 1. The van der Waals surface area contributed by atoms with Crippen molar-refractivity contribution in [3.05, 3.63) is 19.8 Å². The fraction of sp³-hybridized carbons (Fsp3) is 0. The Bertz CT molecular complexity index is 152. The molecule has 0 unspecified atom stereocenters. The van der Waals surface area contributed by atoms with E-state index in [-0.39, 0.29) is 5.78 Å². The van der Waals surface area contributed by atoms with Gasteiger partial charge < -0.3 is 4.74 Å². The van der Waals surface area contributed by atoms with Gasteiger partial charge in [0.1, 0.15) is 0 Å². The molecule has 0 aliphatic rings. The van der Waals surface area contributed by atoms with E-state index in [0.717, 1.165) is 6.08 Å². The maximum Gasteiger partial charge on any atom is 0.231 e. The van der Waals surface area contributed by atoms with Crippen molar-refractivity contribution in [3.63, 3.8) is 0 Å². The van der Waals surface area contributed by atoms with Crippen molar-refractivity contribution in [2.24, 2.45) is 0 Å². The third-order valence-corrected chi connectivity index (χ3v) is 0.432. The summed E-state index contributed by atoms with van der Waals surface area (Å²) in [5, 5.41) is 0. The average Bonchev–Trinajstić information content (AvgIpc) is 1.83. The number of ketones is 1. The van der Waals surface area contributed by atoms with Gasteiger partial charge in [0, 0.05) is 5.92 Å². The molecule has 0 amide bonds. The van der Waals surface area contributed by atoms with E-state index in [9.17, 15) is 4.79 Å². The molecule has 0 rings (SSSR count). The van der Waals surface area contributed by atoms with Crippen molar-refractivity contribution in [1.29, 1.82) is 0 Å². The molecule has 0 aromatic heterocycles. The monoisotopic (exact) mass is 376 g/mol. The molecule has 0 radical (unpaired) electrons. The topological polar surface area (TPSA) is 26.3 Å². The number of hydrogen-bond donors (Lipinski definition) is 0. The first kappa shape index (κ1) is 9.91. The second-order valence-electron chi connectivity index (χ2n) is 0.940. The van der Waals surface area contributed by atoms with Crippen molar-refractivity contribution < 1.29 is 9.53 Å². The van der Waals surface area contributed by atoms with E-state index in [0.29, 0.717) is 0 Å². The second-order valence-corrected chi connectivity index (χ2v) is 0.940. The first-order valence-corrected chi connectivity index (χ1v) is 1.89. The number of ether oxygens (including phenoxy) is 1. The van der Waals surface area contributed by atoms with Crippen LogP contribution in [0.4, 0.5) is 0 Å². The SMILES string of the molecule is C=CC(=O)C#CO[CH2-].[Rf]. The Labute approximate surface area is 48.1 Å². The van der Waals surface area contributed by atoms with Crippen LogP contribution in [0.1, 0.15) is 0 Å². The van der Waals surface area contributed by atoms with Gasteiger partial charge in [0.25, 0.3) is 0 Å². The summed E-state index contributed by atoms with van der Waals surface area (Å²) in [5.74, 6) is 1.72. The third-order valence-electron chi connectivity index (χ3n) is 0.432. The summed E-state index contributed by atoms with van der Waals surface area (Å²) in [4.78, 5) is 10.2. The summed E-state index contributed by atoms with van der Waals surface area (Å²) < 4.78 is 4.03. The van der Waals surface area contributed by atoms with Crippen LogP contribution >= 0.6 is 0 Å². The van der Waals surface area contributed by atoms with Gasteiger partial charge in [0.2, 0.25) is 5.78 Å². The van der Waals surface area contributed by atoms with Crippen LogP contribution in [0.5, 0.6) is 0 Å². The number of allylic oxidation sites excluding steroid dienone is 1. The molecule has 0 aliphatic heterocycles. The summed E-state index contributed by atoms with van der Waals surface area (Å²) in [6.07, 6.45) is 3.12. The minimum absolute atomic E-state index is 0. The fourth-order valence-electron chi connectivity index (χ4n) is 0.137. The van der Waals surface area contributed by atoms with Gasteiger partial charge in [0.05, 0.1) is 6.11 Å². The Kier molecular flexibility index (Phi) is 6.35. The molecule has 2 nitrogen and oxygen atoms in total. The molecule has 9 heavy (non-hydrogen) atoms. The van der Waals surface area contributed by atoms with Crippen LogP contribution in [0.2, 0.25) is 0 Å². The second kappa shape index (κ2) is 5.77. The van der Waals surface area contributed by atoms with Crippen molar-refractivity contribution in [3.8, 4) is 12.0 Å². The molecule has 0 fully saturated rings. The predicted molar refractivity (Wildman–Crippen MR) is 29.4 cm³/mol. The van der Waals surface area contributed by atoms with E-state index in [2.05, 4.69) is 24.3 Å². The van der Waals surface area contributed by atoms with Gasteiger partial charge in [-0.05, 0) is 6.08 Å². The molecule has 0 atom stereocenters. The van der Waals surface area contributed by atoms with Crippen LogP contribution in [-0.2, 0) is 9.53 Å². The smallest absolute Gasteiger partial charge is 0.231 e. The third kappa shape index (κ3) is 5.77. The Hall–Kier alpha value is -2.23. The molecule has 0 aliphatic carbocycles. The largest absolute Gasteiger partial charge is 0.621 e. The molecule has 3 heteroatoms. The van der Waals surface area contributed by atoms with Crippen LogP contribution < -0.4 is 0 Å². The summed E-state index contributed by atoms with van der Waals surface area (Å²) in [6.45, 7) is 3.19. The zero-order valence-electron chi connectivity index (χ0n) is 5.02. The zero-order valence-corrected chi connectivity index (χ0v) is 11.4. The summed E-state index contributed by atoms with van der Waals surface area (Å²) in [5.41, 5.74) is 0. The normalized spacial score (nSPS) is 5.44. The van der Waals surface area contributed by atoms with Crippen LogP contribution in [0, 0.1) is 19.1 Å². The minimum atomic E-state index is -0.367. The van der Waals surface area contributed by atoms with E-state index < -0.39 is 0 Å². The van der Waals surface area contributed by atoms with Crippen LogP contribution in [0.25, 0.3) is 0 Å². The Morgan fingerprint density at radius 1 is 1.78 bits per heavy atom. The Morgan fingerprint density at radius 3 is 2.67 bits per heavy atom. The number of hydrogen-bond acceptors (Lipinski definition) is 2. The summed E-state index contributed by atoms with van der Waals surface area (Å²) in [6, 6.07) is 0. The quantitative estimate of drug-likeness (QED) is 0.379. The summed E-state index contributed by atoms with van der Waals surface area (Å²) >= 11 is 0. The van der Waals surface area contributed by atoms with Gasteiger partial charge in [-0.15, -0.1) is 0 Å². The molecule has 0 aromatic carbocycles. The number of carbonyl (C=O) groups is 1. The fourth-order valence-corrected chi connectivity index (χ4v) is 0.137. The first-order valence-electron chi connectivity index (χ1n) is 1.89. The summed E-state index contributed by atoms with van der Waals surface area (Å²) in [7, 11) is 2.93. The standard InChI is InChI=1S/C6H5O2.Rf/c1-3-6(7)4-5-8-2;/h3H,1-2H2;/q-1;. The molecule has 0 N–H and O–H groups in total. The van der Waals surface area contributed by atoms with E-state index in [1.165, 1.54) is 0 Å². The Balaban J connectivity index is 0. The Morgan fingerprint density at radius 2 is 2.33 bits per heavy atom. The van der Waals surface area contributed by atoms with Gasteiger partial charge in [-0.1, -0.05) is 6.58 Å². The van der Waals surface area contributed by atoms with Gasteiger partial charge >= 0.3 is 0 Å². The molecule has 0 spiro atoms. The van der Waals surface area contributed by atoms with E-state index in [1.54, 1.807) is 0 Å². The van der Waals surface area contributed by atoms with Crippen molar-refractivity contribution in [2.45, 2.75) is 0 Å². The van der Waals surface area contributed by atoms with E-state index >= 15 is 0 Å². The van der Waals surface area contributed by atoms with E-state index in [4.69, 9.17) is 0 Å². The van der Waals surface area contributed by atoms with Gasteiger partial charge in [0.15, 0.2) is 0 Å². The first-order chi connectivity index (χ1) is 3.81. The van der Waals surface area contributed by atoms with Crippen molar-refractivity contribution in [1.82, 2.24) is 0 Å². The molecule has 0 saturated carbocycles. The molecule has 44 valence electrons. The molecule has 0 aromatic rings. The molecule has 0 saturated heterocycles. The number of carbonyl (C=O) groups excluding carboxylic acids is 1. The van der Waals surface area contributed by atoms with Gasteiger partial charge in [-0.2, -0.15) is 7.11 Å².